The third kappa shape index (κ3) is 3.57. The van der Waals surface area contributed by atoms with Gasteiger partial charge in [-0.15, -0.1) is 0 Å². The Morgan fingerprint density at radius 1 is 1.30 bits per heavy atom. The van der Waals surface area contributed by atoms with Crippen molar-refractivity contribution < 1.29 is 9.59 Å². The minimum atomic E-state index is 0.201. The van der Waals surface area contributed by atoms with Crippen LogP contribution in [0.2, 0.25) is 0 Å². The molecular formula is C17H26N4O2. The predicted molar refractivity (Wildman–Crippen MR) is 87.0 cm³/mol. The molecule has 0 saturated carbocycles. The van der Waals surface area contributed by atoms with Gasteiger partial charge in [0.2, 0.25) is 11.8 Å². The Kier molecular flexibility index (Phi) is 4.68. The van der Waals surface area contributed by atoms with Gasteiger partial charge in [-0.3, -0.25) is 14.3 Å². The average Bonchev–Trinajstić information content (AvgIpc) is 2.78. The molecule has 126 valence electrons. The third-order valence-corrected chi connectivity index (χ3v) is 4.85. The molecule has 0 N–H and O–H groups in total. The monoisotopic (exact) mass is 318 g/mol. The van der Waals surface area contributed by atoms with Gasteiger partial charge in [-0.2, -0.15) is 5.10 Å². The molecule has 0 aliphatic carbocycles. The van der Waals surface area contributed by atoms with Gasteiger partial charge in [0.1, 0.15) is 0 Å². The molecule has 2 aliphatic heterocycles. The van der Waals surface area contributed by atoms with E-state index < -0.39 is 0 Å². The normalized spacial score (nSPS) is 19.1. The summed E-state index contributed by atoms with van der Waals surface area (Å²) in [5.41, 5.74) is 2.18. The van der Waals surface area contributed by atoms with Crippen molar-refractivity contribution in [2.45, 2.75) is 52.0 Å². The van der Waals surface area contributed by atoms with E-state index in [1.807, 2.05) is 21.4 Å². The molecule has 6 nitrogen and oxygen atoms in total. The zero-order chi connectivity index (χ0) is 16.4. The highest BCUT2D eigenvalue weighted by molar-refractivity contribution is 5.78. The van der Waals surface area contributed by atoms with Crippen LogP contribution in [0.25, 0.3) is 0 Å². The average molecular weight is 318 g/mol. The summed E-state index contributed by atoms with van der Waals surface area (Å²) in [6.45, 7) is 7.13. The van der Waals surface area contributed by atoms with Crippen molar-refractivity contribution in [1.82, 2.24) is 19.6 Å². The number of carbonyl (C=O) groups excluding carboxylic acids is 2. The van der Waals surface area contributed by atoms with Gasteiger partial charge in [0, 0.05) is 44.7 Å². The smallest absolute Gasteiger partial charge is 0.222 e. The first-order chi connectivity index (χ1) is 11.0. The lowest BCUT2D eigenvalue weighted by Gasteiger charge is -2.40. The van der Waals surface area contributed by atoms with Crippen LogP contribution in [0.3, 0.4) is 0 Å². The first kappa shape index (κ1) is 16.0. The number of hydrogen-bond acceptors (Lipinski definition) is 3. The van der Waals surface area contributed by atoms with Gasteiger partial charge >= 0.3 is 0 Å². The number of rotatable bonds is 5. The minimum Gasteiger partial charge on any atom is -0.343 e. The molecule has 0 spiro atoms. The lowest BCUT2D eigenvalue weighted by Crippen LogP contribution is -2.51. The van der Waals surface area contributed by atoms with Gasteiger partial charge in [0.05, 0.1) is 11.7 Å². The number of likely N-dealkylation sites (tertiary alicyclic amines) is 2. The Labute approximate surface area is 137 Å². The van der Waals surface area contributed by atoms with Crippen LogP contribution >= 0.6 is 0 Å². The predicted octanol–water partition coefficient (Wildman–Crippen LogP) is 1.68. The zero-order valence-corrected chi connectivity index (χ0v) is 14.1. The molecule has 3 rings (SSSR count). The van der Waals surface area contributed by atoms with Gasteiger partial charge in [-0.25, -0.2) is 0 Å². The lowest BCUT2D eigenvalue weighted by atomic mass is 10.1. The Morgan fingerprint density at radius 3 is 2.74 bits per heavy atom. The second-order valence-electron chi connectivity index (χ2n) is 6.77. The molecule has 2 amide bonds. The van der Waals surface area contributed by atoms with E-state index in [0.717, 1.165) is 56.8 Å². The van der Waals surface area contributed by atoms with Gasteiger partial charge < -0.3 is 9.80 Å². The molecule has 3 heterocycles. The second kappa shape index (κ2) is 6.72. The van der Waals surface area contributed by atoms with Crippen LogP contribution in [0.5, 0.6) is 0 Å². The molecule has 6 heteroatoms. The standard InChI is InChI=1S/C17H26N4O2/c1-13-10-14(2)21(18-13)15-11-20(12-15)17(23)7-5-9-19-8-4-3-6-16(19)22/h10,15H,3-9,11-12H2,1-2H3. The van der Waals surface area contributed by atoms with Crippen molar-refractivity contribution in [3.05, 3.63) is 17.5 Å². The molecular weight excluding hydrogens is 292 g/mol. The molecule has 1 aromatic heterocycles. The largest absolute Gasteiger partial charge is 0.343 e. The van der Waals surface area contributed by atoms with Crippen LogP contribution in [0, 0.1) is 13.8 Å². The molecule has 2 aliphatic rings. The second-order valence-corrected chi connectivity index (χ2v) is 6.77. The van der Waals surface area contributed by atoms with E-state index in [4.69, 9.17) is 0 Å². The summed E-state index contributed by atoms with van der Waals surface area (Å²) in [6, 6.07) is 2.39. The number of aromatic nitrogens is 2. The molecule has 0 aromatic carbocycles. The fraction of sp³-hybridized carbons (Fsp3) is 0.706. The maximum absolute atomic E-state index is 12.2. The quantitative estimate of drug-likeness (QED) is 0.830. The molecule has 2 fully saturated rings. The van der Waals surface area contributed by atoms with Gasteiger partial charge in [-0.1, -0.05) is 0 Å². The van der Waals surface area contributed by atoms with Crippen molar-refractivity contribution in [1.29, 1.82) is 0 Å². The number of hydrogen-bond donors (Lipinski definition) is 0. The topological polar surface area (TPSA) is 58.4 Å². The Balaban J connectivity index is 1.39. The molecule has 0 radical (unpaired) electrons. The van der Waals surface area contributed by atoms with E-state index in [-0.39, 0.29) is 11.8 Å². The van der Waals surface area contributed by atoms with Crippen LogP contribution in [-0.2, 0) is 9.59 Å². The Bertz CT molecular complexity index is 589. The molecule has 1 aromatic rings. The first-order valence-corrected chi connectivity index (χ1v) is 8.63. The highest BCUT2D eigenvalue weighted by Gasteiger charge is 2.32. The number of carbonyl (C=O) groups is 2. The van der Waals surface area contributed by atoms with Crippen molar-refractivity contribution in [3.63, 3.8) is 0 Å². The minimum absolute atomic E-state index is 0.201. The maximum atomic E-state index is 12.2. The summed E-state index contributed by atoms with van der Waals surface area (Å²) in [5.74, 6) is 0.449. The summed E-state index contributed by atoms with van der Waals surface area (Å²) >= 11 is 0. The third-order valence-electron chi connectivity index (χ3n) is 4.85. The van der Waals surface area contributed by atoms with E-state index in [2.05, 4.69) is 18.1 Å². The number of piperidine rings is 1. The molecule has 23 heavy (non-hydrogen) atoms. The molecule has 0 unspecified atom stereocenters. The number of aryl methyl sites for hydroxylation is 2. The maximum Gasteiger partial charge on any atom is 0.222 e. The van der Waals surface area contributed by atoms with Crippen LogP contribution in [0.1, 0.15) is 49.5 Å². The van der Waals surface area contributed by atoms with Crippen LogP contribution in [-0.4, -0.2) is 57.6 Å². The van der Waals surface area contributed by atoms with E-state index in [1.54, 1.807) is 0 Å². The number of amides is 2. The van der Waals surface area contributed by atoms with Crippen molar-refractivity contribution in [2.75, 3.05) is 26.2 Å². The lowest BCUT2D eigenvalue weighted by molar-refractivity contribution is -0.138. The van der Waals surface area contributed by atoms with E-state index >= 15 is 0 Å². The van der Waals surface area contributed by atoms with Crippen molar-refractivity contribution >= 4 is 11.8 Å². The number of nitrogens with zero attached hydrogens (tertiary/aromatic N) is 4. The van der Waals surface area contributed by atoms with Crippen LogP contribution < -0.4 is 0 Å². The summed E-state index contributed by atoms with van der Waals surface area (Å²) in [4.78, 5) is 27.7. The molecule has 2 saturated heterocycles. The summed E-state index contributed by atoms with van der Waals surface area (Å²) in [6.07, 6.45) is 4.08. The zero-order valence-electron chi connectivity index (χ0n) is 14.1. The van der Waals surface area contributed by atoms with E-state index in [0.29, 0.717) is 18.9 Å². The molecule has 0 atom stereocenters. The van der Waals surface area contributed by atoms with Gasteiger partial charge in [0.25, 0.3) is 0 Å². The van der Waals surface area contributed by atoms with Gasteiger partial charge in [0.15, 0.2) is 0 Å². The van der Waals surface area contributed by atoms with Crippen LogP contribution in [0.4, 0.5) is 0 Å². The SMILES string of the molecule is Cc1cc(C)n(C2CN(C(=O)CCCN3CCCCC3=O)C2)n1. The first-order valence-electron chi connectivity index (χ1n) is 8.63. The Morgan fingerprint density at radius 2 is 2.09 bits per heavy atom. The molecule has 0 bridgehead atoms. The highest BCUT2D eigenvalue weighted by Crippen LogP contribution is 2.23. The van der Waals surface area contributed by atoms with Gasteiger partial charge in [-0.05, 0) is 39.2 Å². The summed E-state index contributed by atoms with van der Waals surface area (Å²) in [5, 5.41) is 4.49. The highest BCUT2D eigenvalue weighted by atomic mass is 16.2. The van der Waals surface area contributed by atoms with Crippen molar-refractivity contribution in [2.24, 2.45) is 0 Å². The fourth-order valence-electron chi connectivity index (χ4n) is 3.51. The summed E-state index contributed by atoms with van der Waals surface area (Å²) < 4.78 is 2.03. The van der Waals surface area contributed by atoms with Crippen LogP contribution in [0.15, 0.2) is 6.07 Å². The van der Waals surface area contributed by atoms with Crippen molar-refractivity contribution in [3.8, 4) is 0 Å². The van der Waals surface area contributed by atoms with E-state index in [9.17, 15) is 9.59 Å². The summed E-state index contributed by atoms with van der Waals surface area (Å²) in [7, 11) is 0. The fourth-order valence-corrected chi connectivity index (χ4v) is 3.51. The Hall–Kier alpha value is -1.85. The van der Waals surface area contributed by atoms with E-state index in [1.165, 1.54) is 0 Å².